The molecule has 0 aliphatic rings. The Kier molecular flexibility index (Phi) is 3.92. The van der Waals surface area contributed by atoms with Crippen molar-refractivity contribution in [2.75, 3.05) is 7.11 Å². The normalized spacial score (nSPS) is 10.3. The van der Waals surface area contributed by atoms with Crippen LogP contribution in [0.15, 0.2) is 67.0 Å². The van der Waals surface area contributed by atoms with Crippen LogP contribution in [0, 0.1) is 0 Å². The summed E-state index contributed by atoms with van der Waals surface area (Å²) in [5, 5.41) is 0. The summed E-state index contributed by atoms with van der Waals surface area (Å²) in [5.41, 5.74) is 4.28. The first kappa shape index (κ1) is 13.3. The van der Waals surface area contributed by atoms with Crippen molar-refractivity contribution < 1.29 is 4.74 Å². The van der Waals surface area contributed by atoms with Crippen molar-refractivity contribution in [2.45, 2.75) is 6.42 Å². The summed E-state index contributed by atoms with van der Waals surface area (Å²) in [4.78, 5) is 8.79. The molecule has 2 aromatic heterocycles. The zero-order chi connectivity index (χ0) is 14.5. The molecule has 1 aromatic carbocycles. The zero-order valence-corrected chi connectivity index (χ0v) is 11.9. The standard InChI is InChI=1S/C18H16N2O/c1-21-18-15(12-17-9-5-6-10-19-17)11-16(13-20-18)14-7-3-2-4-8-14/h2-11,13H,12H2,1H3. The summed E-state index contributed by atoms with van der Waals surface area (Å²) in [7, 11) is 1.65. The van der Waals surface area contributed by atoms with E-state index in [0.717, 1.165) is 22.4 Å². The van der Waals surface area contributed by atoms with Gasteiger partial charge in [0.25, 0.3) is 0 Å². The predicted octanol–water partition coefficient (Wildman–Crippen LogP) is 3.74. The second-order valence-corrected chi connectivity index (χ2v) is 4.76. The molecule has 0 amide bonds. The molecule has 3 aromatic rings. The molecule has 0 saturated carbocycles. The van der Waals surface area contributed by atoms with E-state index in [0.29, 0.717) is 12.3 Å². The van der Waals surface area contributed by atoms with Gasteiger partial charge in [0.15, 0.2) is 0 Å². The molecule has 0 bridgehead atoms. The summed E-state index contributed by atoms with van der Waals surface area (Å²) in [5.74, 6) is 0.653. The molecule has 0 saturated heterocycles. The van der Waals surface area contributed by atoms with Gasteiger partial charge in [-0.1, -0.05) is 36.4 Å². The lowest BCUT2D eigenvalue weighted by Gasteiger charge is -2.09. The van der Waals surface area contributed by atoms with Crippen molar-refractivity contribution in [2.24, 2.45) is 0 Å². The van der Waals surface area contributed by atoms with Crippen LogP contribution in [0.25, 0.3) is 11.1 Å². The van der Waals surface area contributed by atoms with E-state index in [9.17, 15) is 0 Å². The smallest absolute Gasteiger partial charge is 0.216 e. The van der Waals surface area contributed by atoms with Gasteiger partial charge in [-0.15, -0.1) is 0 Å². The maximum atomic E-state index is 5.37. The van der Waals surface area contributed by atoms with Gasteiger partial charge < -0.3 is 4.74 Å². The number of rotatable bonds is 4. The lowest BCUT2D eigenvalue weighted by atomic mass is 10.0. The van der Waals surface area contributed by atoms with Gasteiger partial charge in [-0.2, -0.15) is 0 Å². The Morgan fingerprint density at radius 2 is 1.71 bits per heavy atom. The summed E-state index contributed by atoms with van der Waals surface area (Å²) >= 11 is 0. The second kappa shape index (κ2) is 6.18. The van der Waals surface area contributed by atoms with Gasteiger partial charge in [0.05, 0.1) is 7.11 Å². The molecule has 0 N–H and O–H groups in total. The molecular formula is C18H16N2O. The molecule has 0 radical (unpaired) electrons. The third-order valence-electron chi connectivity index (χ3n) is 3.32. The number of nitrogens with zero attached hydrogens (tertiary/aromatic N) is 2. The second-order valence-electron chi connectivity index (χ2n) is 4.76. The number of benzene rings is 1. The van der Waals surface area contributed by atoms with E-state index >= 15 is 0 Å². The van der Waals surface area contributed by atoms with E-state index in [2.05, 4.69) is 28.2 Å². The first-order valence-electron chi connectivity index (χ1n) is 6.85. The Bertz CT molecular complexity index is 712. The molecule has 2 heterocycles. The maximum Gasteiger partial charge on any atom is 0.216 e. The van der Waals surface area contributed by atoms with Crippen molar-refractivity contribution in [3.8, 4) is 17.0 Å². The molecule has 21 heavy (non-hydrogen) atoms. The van der Waals surface area contributed by atoms with Crippen LogP contribution in [-0.2, 0) is 6.42 Å². The van der Waals surface area contributed by atoms with Crippen LogP contribution in [0.5, 0.6) is 5.88 Å². The summed E-state index contributed by atoms with van der Waals surface area (Å²) < 4.78 is 5.37. The van der Waals surface area contributed by atoms with E-state index in [4.69, 9.17) is 4.74 Å². The molecule has 0 aliphatic carbocycles. The van der Waals surface area contributed by atoms with Crippen molar-refractivity contribution in [3.63, 3.8) is 0 Å². The Labute approximate surface area is 124 Å². The molecule has 0 unspecified atom stereocenters. The van der Waals surface area contributed by atoms with Crippen LogP contribution in [-0.4, -0.2) is 17.1 Å². The van der Waals surface area contributed by atoms with Crippen molar-refractivity contribution in [3.05, 3.63) is 78.2 Å². The highest BCUT2D eigenvalue weighted by Gasteiger charge is 2.09. The number of hydrogen-bond donors (Lipinski definition) is 0. The van der Waals surface area contributed by atoms with Crippen LogP contribution in [0.2, 0.25) is 0 Å². The minimum absolute atomic E-state index is 0.653. The lowest BCUT2D eigenvalue weighted by molar-refractivity contribution is 0.393. The van der Waals surface area contributed by atoms with E-state index in [-0.39, 0.29) is 0 Å². The number of aromatic nitrogens is 2. The van der Waals surface area contributed by atoms with Gasteiger partial charge in [-0.05, 0) is 23.8 Å². The first-order chi connectivity index (χ1) is 10.4. The van der Waals surface area contributed by atoms with Crippen LogP contribution in [0.3, 0.4) is 0 Å². The van der Waals surface area contributed by atoms with Crippen molar-refractivity contribution in [1.82, 2.24) is 9.97 Å². The van der Waals surface area contributed by atoms with E-state index < -0.39 is 0 Å². The molecule has 0 atom stereocenters. The molecule has 3 nitrogen and oxygen atoms in total. The SMILES string of the molecule is COc1ncc(-c2ccccc2)cc1Cc1ccccn1. The largest absolute Gasteiger partial charge is 0.481 e. The molecule has 3 heteroatoms. The number of hydrogen-bond acceptors (Lipinski definition) is 3. The third-order valence-corrected chi connectivity index (χ3v) is 3.32. The first-order valence-corrected chi connectivity index (χ1v) is 6.85. The fraction of sp³-hybridized carbons (Fsp3) is 0.111. The highest BCUT2D eigenvalue weighted by molar-refractivity contribution is 5.64. The molecule has 104 valence electrons. The summed E-state index contributed by atoms with van der Waals surface area (Å²) in [6.45, 7) is 0. The van der Waals surface area contributed by atoms with Gasteiger partial charge in [0, 0.05) is 35.6 Å². The molecule has 0 spiro atoms. The topological polar surface area (TPSA) is 35.0 Å². The van der Waals surface area contributed by atoms with Crippen molar-refractivity contribution >= 4 is 0 Å². The Hall–Kier alpha value is -2.68. The number of methoxy groups -OCH3 is 1. The van der Waals surface area contributed by atoms with Crippen molar-refractivity contribution in [1.29, 1.82) is 0 Å². The Morgan fingerprint density at radius 3 is 2.43 bits per heavy atom. The van der Waals surface area contributed by atoms with E-state index in [1.807, 2.05) is 42.6 Å². The summed E-state index contributed by atoms with van der Waals surface area (Å²) in [6, 6.07) is 18.3. The van der Waals surface area contributed by atoms with Gasteiger partial charge in [-0.25, -0.2) is 4.98 Å². The van der Waals surface area contributed by atoms with Crippen LogP contribution in [0.1, 0.15) is 11.3 Å². The van der Waals surface area contributed by atoms with Gasteiger partial charge in [-0.3, -0.25) is 4.98 Å². The predicted molar refractivity (Wildman–Crippen MR) is 83.3 cm³/mol. The maximum absolute atomic E-state index is 5.37. The van der Waals surface area contributed by atoms with E-state index in [1.54, 1.807) is 13.3 Å². The van der Waals surface area contributed by atoms with Crippen LogP contribution < -0.4 is 4.74 Å². The lowest BCUT2D eigenvalue weighted by Crippen LogP contribution is -1.98. The quantitative estimate of drug-likeness (QED) is 0.728. The van der Waals surface area contributed by atoms with Crippen LogP contribution >= 0.6 is 0 Å². The molecule has 3 rings (SSSR count). The average Bonchev–Trinajstić information content (AvgIpc) is 2.56. The summed E-state index contributed by atoms with van der Waals surface area (Å²) in [6.07, 6.45) is 4.35. The highest BCUT2D eigenvalue weighted by Crippen LogP contribution is 2.25. The average molecular weight is 276 g/mol. The van der Waals surface area contributed by atoms with Gasteiger partial charge in [0.2, 0.25) is 5.88 Å². The third kappa shape index (κ3) is 3.08. The zero-order valence-electron chi connectivity index (χ0n) is 11.9. The fourth-order valence-electron chi connectivity index (χ4n) is 2.29. The highest BCUT2D eigenvalue weighted by atomic mass is 16.5. The minimum Gasteiger partial charge on any atom is -0.481 e. The molecular weight excluding hydrogens is 260 g/mol. The minimum atomic E-state index is 0.653. The Morgan fingerprint density at radius 1 is 0.905 bits per heavy atom. The number of ether oxygens (including phenoxy) is 1. The Balaban J connectivity index is 1.98. The fourth-order valence-corrected chi connectivity index (χ4v) is 2.29. The molecule has 0 fully saturated rings. The molecule has 0 aliphatic heterocycles. The number of pyridine rings is 2. The van der Waals surface area contributed by atoms with Gasteiger partial charge in [0.1, 0.15) is 0 Å². The monoisotopic (exact) mass is 276 g/mol. The van der Waals surface area contributed by atoms with Gasteiger partial charge >= 0.3 is 0 Å². The van der Waals surface area contributed by atoms with E-state index in [1.165, 1.54) is 0 Å². The van der Waals surface area contributed by atoms with Crippen LogP contribution in [0.4, 0.5) is 0 Å².